The Bertz CT molecular complexity index is 571. The summed E-state index contributed by atoms with van der Waals surface area (Å²) in [6.45, 7) is 2.03. The first-order valence-corrected chi connectivity index (χ1v) is 7.35. The minimum Gasteiger partial charge on any atom is -0.481 e. The highest BCUT2D eigenvalue weighted by molar-refractivity contribution is 9.10. The van der Waals surface area contributed by atoms with Gasteiger partial charge >= 0.3 is 5.97 Å². The molecule has 1 unspecified atom stereocenters. The first-order chi connectivity index (χ1) is 9.08. The fraction of sp³-hybridized carbons (Fsp3) is 0.250. The van der Waals surface area contributed by atoms with E-state index in [4.69, 9.17) is 5.11 Å². The summed E-state index contributed by atoms with van der Waals surface area (Å²) in [6, 6.07) is 8.03. The third kappa shape index (κ3) is 3.57. The standard InChI is InChI=1S/C12H12BrN3O2S/c1-8(9-2-4-10(13)5-3-9)16-7-14-15-12(16)19-6-11(17)18/h2-5,7-8H,6H2,1H3,(H,17,18). The van der Waals surface area contributed by atoms with Crippen LogP contribution in [0.4, 0.5) is 0 Å². The lowest BCUT2D eigenvalue weighted by atomic mass is 10.1. The van der Waals surface area contributed by atoms with Crippen molar-refractivity contribution in [2.45, 2.75) is 18.1 Å². The van der Waals surface area contributed by atoms with Gasteiger partial charge in [0.2, 0.25) is 0 Å². The van der Waals surface area contributed by atoms with Crippen LogP contribution in [0.25, 0.3) is 0 Å². The third-order valence-corrected chi connectivity index (χ3v) is 4.11. The molecule has 0 fully saturated rings. The van der Waals surface area contributed by atoms with Crippen molar-refractivity contribution in [3.63, 3.8) is 0 Å². The number of hydrogen-bond donors (Lipinski definition) is 1. The molecule has 100 valence electrons. The zero-order valence-electron chi connectivity index (χ0n) is 10.2. The van der Waals surface area contributed by atoms with E-state index in [2.05, 4.69) is 26.1 Å². The van der Waals surface area contributed by atoms with Crippen molar-refractivity contribution in [1.29, 1.82) is 0 Å². The van der Waals surface area contributed by atoms with Gasteiger partial charge in [0.05, 0.1) is 11.8 Å². The van der Waals surface area contributed by atoms with Crippen molar-refractivity contribution in [3.8, 4) is 0 Å². The van der Waals surface area contributed by atoms with E-state index < -0.39 is 5.97 Å². The molecule has 0 radical (unpaired) electrons. The molecule has 1 heterocycles. The van der Waals surface area contributed by atoms with Crippen molar-refractivity contribution < 1.29 is 9.90 Å². The molecule has 1 N–H and O–H groups in total. The van der Waals surface area contributed by atoms with Gasteiger partial charge in [-0.1, -0.05) is 39.8 Å². The van der Waals surface area contributed by atoms with Crippen LogP contribution in [0.15, 0.2) is 40.2 Å². The molecule has 0 spiro atoms. The first kappa shape index (κ1) is 14.1. The van der Waals surface area contributed by atoms with Gasteiger partial charge in [-0.2, -0.15) is 0 Å². The van der Waals surface area contributed by atoms with Gasteiger partial charge in [-0.05, 0) is 24.6 Å². The van der Waals surface area contributed by atoms with Crippen LogP contribution >= 0.6 is 27.7 Å². The summed E-state index contributed by atoms with van der Waals surface area (Å²) < 4.78 is 2.89. The SMILES string of the molecule is CC(c1ccc(Br)cc1)n1cnnc1SCC(=O)O. The van der Waals surface area contributed by atoms with Gasteiger partial charge in [0.15, 0.2) is 5.16 Å². The molecule has 0 aliphatic heterocycles. The monoisotopic (exact) mass is 341 g/mol. The van der Waals surface area contributed by atoms with E-state index in [0.717, 1.165) is 10.0 Å². The summed E-state index contributed by atoms with van der Waals surface area (Å²) in [7, 11) is 0. The second-order valence-electron chi connectivity index (χ2n) is 3.93. The van der Waals surface area contributed by atoms with Gasteiger partial charge in [0, 0.05) is 4.47 Å². The van der Waals surface area contributed by atoms with Gasteiger partial charge in [0.25, 0.3) is 0 Å². The molecule has 0 saturated carbocycles. The molecule has 7 heteroatoms. The van der Waals surface area contributed by atoms with Crippen molar-refractivity contribution in [3.05, 3.63) is 40.6 Å². The number of carbonyl (C=O) groups is 1. The summed E-state index contributed by atoms with van der Waals surface area (Å²) in [6.07, 6.45) is 1.62. The lowest BCUT2D eigenvalue weighted by Gasteiger charge is -2.15. The molecular weight excluding hydrogens is 330 g/mol. The van der Waals surface area contributed by atoms with Crippen LogP contribution < -0.4 is 0 Å². The van der Waals surface area contributed by atoms with E-state index in [0.29, 0.717) is 5.16 Å². The molecule has 0 amide bonds. The summed E-state index contributed by atoms with van der Waals surface area (Å²) >= 11 is 4.57. The summed E-state index contributed by atoms with van der Waals surface area (Å²) in [5.41, 5.74) is 1.11. The van der Waals surface area contributed by atoms with E-state index in [-0.39, 0.29) is 11.8 Å². The van der Waals surface area contributed by atoms with Crippen LogP contribution in [-0.4, -0.2) is 31.6 Å². The summed E-state index contributed by atoms with van der Waals surface area (Å²) in [4.78, 5) is 10.6. The maximum atomic E-state index is 10.6. The Morgan fingerprint density at radius 1 is 1.47 bits per heavy atom. The lowest BCUT2D eigenvalue weighted by Crippen LogP contribution is -2.08. The van der Waals surface area contributed by atoms with Gasteiger partial charge in [-0.25, -0.2) is 0 Å². The molecule has 2 rings (SSSR count). The maximum Gasteiger partial charge on any atom is 0.313 e. The largest absolute Gasteiger partial charge is 0.481 e. The summed E-state index contributed by atoms with van der Waals surface area (Å²) in [5, 5.41) is 17.1. The summed E-state index contributed by atoms with van der Waals surface area (Å²) in [5.74, 6) is -0.887. The Hall–Kier alpha value is -1.34. The van der Waals surface area contributed by atoms with E-state index in [1.165, 1.54) is 11.8 Å². The van der Waals surface area contributed by atoms with Gasteiger partial charge in [-0.3, -0.25) is 4.79 Å². The average molecular weight is 342 g/mol. The number of nitrogens with zero attached hydrogens (tertiary/aromatic N) is 3. The molecule has 0 aliphatic rings. The molecule has 0 saturated heterocycles. The number of carboxylic acids is 1. The molecule has 1 aromatic carbocycles. The molecular formula is C12H12BrN3O2S. The smallest absolute Gasteiger partial charge is 0.313 e. The number of benzene rings is 1. The maximum absolute atomic E-state index is 10.6. The Morgan fingerprint density at radius 2 is 2.16 bits per heavy atom. The second-order valence-corrected chi connectivity index (χ2v) is 5.79. The molecule has 5 nitrogen and oxygen atoms in total. The molecule has 0 aliphatic carbocycles. The van der Waals surface area contributed by atoms with Gasteiger partial charge in [0.1, 0.15) is 6.33 Å². The third-order valence-electron chi connectivity index (χ3n) is 2.63. The number of hydrogen-bond acceptors (Lipinski definition) is 4. The Labute approximate surface area is 123 Å². The van der Waals surface area contributed by atoms with Crippen LogP contribution in [0.3, 0.4) is 0 Å². The first-order valence-electron chi connectivity index (χ1n) is 5.57. The van der Waals surface area contributed by atoms with Crippen LogP contribution in [-0.2, 0) is 4.79 Å². The normalized spacial score (nSPS) is 12.3. The Kier molecular flexibility index (Phi) is 4.60. The fourth-order valence-electron chi connectivity index (χ4n) is 1.63. The minimum atomic E-state index is -0.865. The molecule has 1 atom stereocenters. The second kappa shape index (κ2) is 6.21. The average Bonchev–Trinajstić information content (AvgIpc) is 2.84. The number of carboxylic acid groups (broad SMARTS) is 1. The Morgan fingerprint density at radius 3 is 2.79 bits per heavy atom. The molecule has 2 aromatic rings. The van der Waals surface area contributed by atoms with Crippen molar-refractivity contribution in [2.75, 3.05) is 5.75 Å². The van der Waals surface area contributed by atoms with Gasteiger partial charge in [-0.15, -0.1) is 10.2 Å². The molecule has 0 bridgehead atoms. The number of halogens is 1. The van der Waals surface area contributed by atoms with Crippen molar-refractivity contribution in [2.24, 2.45) is 0 Å². The topological polar surface area (TPSA) is 68.0 Å². The van der Waals surface area contributed by atoms with E-state index in [1.807, 2.05) is 35.8 Å². The number of rotatable bonds is 5. The number of thioether (sulfide) groups is 1. The minimum absolute atomic E-state index is 0.0221. The highest BCUT2D eigenvalue weighted by Gasteiger charge is 2.14. The van der Waals surface area contributed by atoms with Gasteiger partial charge < -0.3 is 9.67 Å². The molecule has 1 aromatic heterocycles. The lowest BCUT2D eigenvalue weighted by molar-refractivity contribution is -0.133. The van der Waals surface area contributed by atoms with E-state index in [9.17, 15) is 4.79 Å². The van der Waals surface area contributed by atoms with Crippen molar-refractivity contribution >= 4 is 33.7 Å². The number of aliphatic carboxylic acids is 1. The van der Waals surface area contributed by atoms with Crippen LogP contribution in [0.5, 0.6) is 0 Å². The highest BCUT2D eigenvalue weighted by atomic mass is 79.9. The predicted molar refractivity (Wildman–Crippen MR) is 76.3 cm³/mol. The quantitative estimate of drug-likeness (QED) is 0.847. The zero-order valence-corrected chi connectivity index (χ0v) is 12.6. The highest BCUT2D eigenvalue weighted by Crippen LogP contribution is 2.25. The fourth-order valence-corrected chi connectivity index (χ4v) is 2.61. The number of aromatic nitrogens is 3. The van der Waals surface area contributed by atoms with E-state index in [1.54, 1.807) is 6.33 Å². The molecule has 19 heavy (non-hydrogen) atoms. The Balaban J connectivity index is 2.19. The van der Waals surface area contributed by atoms with E-state index >= 15 is 0 Å². The van der Waals surface area contributed by atoms with Crippen LogP contribution in [0, 0.1) is 0 Å². The zero-order chi connectivity index (χ0) is 13.8. The van der Waals surface area contributed by atoms with Crippen LogP contribution in [0.2, 0.25) is 0 Å². The van der Waals surface area contributed by atoms with Crippen molar-refractivity contribution in [1.82, 2.24) is 14.8 Å². The van der Waals surface area contributed by atoms with Crippen LogP contribution in [0.1, 0.15) is 18.5 Å². The predicted octanol–water partition coefficient (Wildman–Crippen LogP) is 2.83.